The van der Waals surface area contributed by atoms with E-state index in [4.69, 9.17) is 21.3 Å². The lowest BCUT2D eigenvalue weighted by molar-refractivity contribution is 0.170. The Morgan fingerprint density at radius 2 is 1.79 bits per heavy atom. The van der Waals surface area contributed by atoms with Crippen molar-refractivity contribution in [3.8, 4) is 33.9 Å². The van der Waals surface area contributed by atoms with Gasteiger partial charge in [-0.2, -0.15) is 0 Å². The Labute approximate surface area is 205 Å². The zero-order valence-corrected chi connectivity index (χ0v) is 20.9. The molecular formula is C27H31ClFN3O2. The number of nitrogens with one attached hydrogen (secondary N) is 2. The highest BCUT2D eigenvalue weighted by Gasteiger charge is 2.37. The van der Waals surface area contributed by atoms with E-state index in [1.54, 1.807) is 30.3 Å². The van der Waals surface area contributed by atoms with Crippen molar-refractivity contribution in [2.45, 2.75) is 57.7 Å². The third-order valence-electron chi connectivity index (χ3n) is 6.10. The van der Waals surface area contributed by atoms with Crippen molar-refractivity contribution in [1.29, 1.82) is 0 Å². The zero-order valence-electron chi connectivity index (χ0n) is 20.2. The smallest absolute Gasteiger partial charge is 0.132 e. The number of methoxy groups -OCH3 is 1. The molecular weight excluding hydrogens is 453 g/mol. The second-order valence-electron chi connectivity index (χ2n) is 10.2. The molecule has 2 aromatic carbocycles. The van der Waals surface area contributed by atoms with Crippen molar-refractivity contribution in [2.24, 2.45) is 0 Å². The van der Waals surface area contributed by atoms with E-state index in [1.165, 1.54) is 19.2 Å². The Balaban J connectivity index is 1.81. The van der Waals surface area contributed by atoms with Crippen molar-refractivity contribution >= 4 is 17.4 Å². The Bertz CT molecular complexity index is 1180. The molecule has 7 heteroatoms. The van der Waals surface area contributed by atoms with Gasteiger partial charge in [0.1, 0.15) is 23.1 Å². The maximum Gasteiger partial charge on any atom is 0.132 e. The van der Waals surface area contributed by atoms with Crippen LogP contribution in [0.2, 0.25) is 5.02 Å². The van der Waals surface area contributed by atoms with Crippen LogP contribution < -0.4 is 15.4 Å². The van der Waals surface area contributed by atoms with Gasteiger partial charge in [-0.1, -0.05) is 17.7 Å². The summed E-state index contributed by atoms with van der Waals surface area (Å²) in [4.78, 5) is 4.80. The fraction of sp³-hybridized carbons (Fsp3) is 0.370. The lowest BCUT2D eigenvalue weighted by Gasteiger charge is -2.46. The van der Waals surface area contributed by atoms with Gasteiger partial charge >= 0.3 is 0 Å². The fourth-order valence-electron chi connectivity index (χ4n) is 5.15. The molecule has 1 aliphatic heterocycles. The molecule has 180 valence electrons. The fourth-order valence-corrected chi connectivity index (χ4v) is 5.42. The lowest BCUT2D eigenvalue weighted by Crippen LogP contribution is -2.60. The number of benzene rings is 2. The van der Waals surface area contributed by atoms with Crippen LogP contribution in [0.25, 0.3) is 22.4 Å². The quantitative estimate of drug-likeness (QED) is 0.379. The van der Waals surface area contributed by atoms with Gasteiger partial charge in [0.15, 0.2) is 0 Å². The third kappa shape index (κ3) is 5.29. The Morgan fingerprint density at radius 1 is 1.09 bits per heavy atom. The Morgan fingerprint density at radius 3 is 2.41 bits per heavy atom. The number of aromatic hydroxyl groups is 1. The molecule has 0 spiro atoms. The van der Waals surface area contributed by atoms with Crippen LogP contribution in [0.1, 0.15) is 40.5 Å². The molecule has 0 atom stereocenters. The molecule has 3 aromatic rings. The monoisotopic (exact) mass is 483 g/mol. The van der Waals surface area contributed by atoms with Gasteiger partial charge in [0.05, 0.1) is 17.8 Å². The van der Waals surface area contributed by atoms with Crippen LogP contribution in [0.4, 0.5) is 10.2 Å². The van der Waals surface area contributed by atoms with Crippen molar-refractivity contribution in [2.75, 3.05) is 12.4 Å². The van der Waals surface area contributed by atoms with Crippen LogP contribution in [0.3, 0.4) is 0 Å². The molecule has 1 fully saturated rings. The first-order valence-electron chi connectivity index (χ1n) is 11.4. The van der Waals surface area contributed by atoms with Gasteiger partial charge < -0.3 is 20.5 Å². The topological polar surface area (TPSA) is 66.4 Å². The molecule has 2 heterocycles. The molecule has 0 bridgehead atoms. The Hall–Kier alpha value is -2.83. The Kier molecular flexibility index (Phi) is 6.49. The number of hydrogen-bond acceptors (Lipinski definition) is 5. The molecule has 34 heavy (non-hydrogen) atoms. The van der Waals surface area contributed by atoms with Crippen molar-refractivity contribution in [1.82, 2.24) is 10.3 Å². The van der Waals surface area contributed by atoms with E-state index in [9.17, 15) is 9.50 Å². The van der Waals surface area contributed by atoms with E-state index in [2.05, 4.69) is 38.3 Å². The van der Waals surface area contributed by atoms with E-state index >= 15 is 0 Å². The SMILES string of the molecule is COc1ccc(-c2cc(-c3c(F)cccc3Cl)cc(NC3CC(C)(C)NC(C)(C)C3)n2)c(O)c1. The summed E-state index contributed by atoms with van der Waals surface area (Å²) in [7, 11) is 1.54. The average Bonchev–Trinajstić information content (AvgIpc) is 2.71. The van der Waals surface area contributed by atoms with Crippen molar-refractivity contribution < 1.29 is 14.2 Å². The molecule has 4 rings (SSSR count). The zero-order chi connectivity index (χ0) is 24.7. The standard InChI is InChI=1S/C27H31ClFN3O2/c1-26(2)14-17(15-27(3,4)32-26)30-24-12-16(25-20(28)7-6-8-21(25)29)11-22(31-24)19-10-9-18(34-5)13-23(19)33/h6-13,17,32-33H,14-15H2,1-5H3,(H,30,31). The van der Waals surface area contributed by atoms with Gasteiger partial charge in [-0.25, -0.2) is 9.37 Å². The van der Waals surface area contributed by atoms with Gasteiger partial charge in [0.25, 0.3) is 0 Å². The van der Waals surface area contributed by atoms with Gasteiger partial charge in [-0.15, -0.1) is 0 Å². The van der Waals surface area contributed by atoms with Crippen LogP contribution in [-0.4, -0.2) is 34.3 Å². The summed E-state index contributed by atoms with van der Waals surface area (Å²) in [6.45, 7) is 8.75. The largest absolute Gasteiger partial charge is 0.507 e. The number of aromatic nitrogens is 1. The first kappa shape index (κ1) is 24.3. The number of halogens is 2. The molecule has 0 aliphatic carbocycles. The molecule has 1 aliphatic rings. The van der Waals surface area contributed by atoms with Gasteiger partial charge in [0.2, 0.25) is 0 Å². The number of anilines is 1. The summed E-state index contributed by atoms with van der Waals surface area (Å²) in [6.07, 6.45) is 1.79. The molecule has 1 aromatic heterocycles. The molecule has 0 saturated carbocycles. The third-order valence-corrected chi connectivity index (χ3v) is 6.41. The second-order valence-corrected chi connectivity index (χ2v) is 10.7. The number of pyridine rings is 1. The predicted octanol–water partition coefficient (Wildman–Crippen LogP) is 6.64. The van der Waals surface area contributed by atoms with Crippen LogP contribution >= 0.6 is 11.6 Å². The maximum atomic E-state index is 14.8. The highest BCUT2D eigenvalue weighted by atomic mass is 35.5. The molecule has 3 N–H and O–H groups in total. The summed E-state index contributed by atoms with van der Waals surface area (Å²) in [6, 6.07) is 13.4. The summed E-state index contributed by atoms with van der Waals surface area (Å²) in [5, 5.41) is 18.2. The number of phenols is 1. The first-order chi connectivity index (χ1) is 16.0. The number of hydrogen-bond donors (Lipinski definition) is 3. The van der Waals surface area contributed by atoms with Gasteiger partial charge in [0, 0.05) is 34.3 Å². The van der Waals surface area contributed by atoms with E-state index in [-0.39, 0.29) is 22.9 Å². The summed E-state index contributed by atoms with van der Waals surface area (Å²) in [5.74, 6) is 0.741. The summed E-state index contributed by atoms with van der Waals surface area (Å²) >= 11 is 6.40. The average molecular weight is 484 g/mol. The highest BCUT2D eigenvalue weighted by molar-refractivity contribution is 6.33. The second kappa shape index (κ2) is 9.08. The normalized spacial score (nSPS) is 17.4. The van der Waals surface area contributed by atoms with E-state index in [0.717, 1.165) is 12.8 Å². The van der Waals surface area contributed by atoms with E-state index in [0.29, 0.717) is 39.0 Å². The molecule has 0 amide bonds. The van der Waals surface area contributed by atoms with Gasteiger partial charge in [-0.05, 0) is 82.5 Å². The van der Waals surface area contributed by atoms with Crippen LogP contribution in [0.15, 0.2) is 48.5 Å². The molecule has 0 radical (unpaired) electrons. The maximum absolute atomic E-state index is 14.8. The number of phenolic OH excluding ortho intramolecular Hbond substituents is 1. The lowest BCUT2D eigenvalue weighted by atomic mass is 9.79. The first-order valence-corrected chi connectivity index (χ1v) is 11.7. The van der Waals surface area contributed by atoms with E-state index < -0.39 is 5.82 Å². The summed E-state index contributed by atoms with van der Waals surface area (Å²) in [5.41, 5.74) is 1.80. The van der Waals surface area contributed by atoms with Gasteiger partial charge in [-0.3, -0.25) is 0 Å². The predicted molar refractivity (Wildman–Crippen MR) is 136 cm³/mol. The van der Waals surface area contributed by atoms with Crippen LogP contribution in [0.5, 0.6) is 11.5 Å². The highest BCUT2D eigenvalue weighted by Crippen LogP contribution is 2.38. The van der Waals surface area contributed by atoms with E-state index in [1.807, 2.05) is 6.07 Å². The van der Waals surface area contributed by atoms with Crippen molar-refractivity contribution in [3.05, 3.63) is 59.4 Å². The molecule has 5 nitrogen and oxygen atoms in total. The minimum Gasteiger partial charge on any atom is -0.507 e. The summed E-state index contributed by atoms with van der Waals surface area (Å²) < 4.78 is 20.1. The minimum atomic E-state index is -0.418. The molecule has 1 saturated heterocycles. The number of piperidine rings is 1. The van der Waals surface area contributed by atoms with Crippen LogP contribution in [-0.2, 0) is 0 Å². The number of nitrogens with zero attached hydrogens (tertiary/aromatic N) is 1. The minimum absolute atomic E-state index is 0.0266. The number of rotatable bonds is 5. The van der Waals surface area contributed by atoms with Crippen LogP contribution in [0, 0.1) is 5.82 Å². The number of ether oxygens (including phenoxy) is 1. The van der Waals surface area contributed by atoms with Crippen molar-refractivity contribution in [3.63, 3.8) is 0 Å². The molecule has 0 unspecified atom stereocenters.